The minimum absolute atomic E-state index is 0.0288. The number of carbonyl (C=O) groups is 4. The summed E-state index contributed by atoms with van der Waals surface area (Å²) in [4.78, 5) is 50.7. The fourth-order valence-corrected chi connectivity index (χ4v) is 10.3. The Hall–Kier alpha value is -4.52. The normalized spacial score (nSPS) is 28.5. The van der Waals surface area contributed by atoms with Crippen LogP contribution in [0.5, 0.6) is 23.0 Å². The first-order valence-corrected chi connectivity index (χ1v) is 18.9. The van der Waals surface area contributed by atoms with Crippen LogP contribution in [0.2, 0.25) is 0 Å². The van der Waals surface area contributed by atoms with Gasteiger partial charge in [0.1, 0.15) is 12.6 Å². The molecule has 0 radical (unpaired) electrons. The molecule has 2 aromatic rings. The third kappa shape index (κ3) is 9.05. The van der Waals surface area contributed by atoms with Crippen LogP contribution < -0.4 is 30.0 Å². The Morgan fingerprint density at radius 1 is 0.852 bits per heavy atom. The van der Waals surface area contributed by atoms with E-state index >= 15 is 0 Å². The van der Waals surface area contributed by atoms with Crippen molar-refractivity contribution in [1.82, 2.24) is 5.32 Å². The zero-order valence-corrected chi connectivity index (χ0v) is 32.0. The van der Waals surface area contributed by atoms with E-state index in [0.29, 0.717) is 42.6 Å². The molecule has 4 aliphatic carbocycles. The van der Waals surface area contributed by atoms with Gasteiger partial charge in [-0.05, 0) is 110 Å². The molecule has 0 spiro atoms. The summed E-state index contributed by atoms with van der Waals surface area (Å²) >= 11 is 0. The number of methoxy groups -OCH3 is 3. The molecule has 1 saturated heterocycles. The Kier molecular flexibility index (Phi) is 11.7. The third-order valence-corrected chi connectivity index (χ3v) is 11.6. The van der Waals surface area contributed by atoms with Crippen molar-refractivity contribution in [3.8, 4) is 23.0 Å². The molecule has 54 heavy (non-hydrogen) atoms. The average molecular weight is 751 g/mol. The molecule has 0 aromatic heterocycles. The number of benzene rings is 2. The maximum absolute atomic E-state index is 12.8. The molecule has 5 aliphatic rings. The van der Waals surface area contributed by atoms with E-state index in [1.807, 2.05) is 18.2 Å². The number of hydrogen-bond acceptors (Lipinski definition) is 12. The minimum atomic E-state index is -1.15. The van der Waals surface area contributed by atoms with Gasteiger partial charge in [-0.15, -0.1) is 0 Å². The molecule has 13 heteroatoms. The van der Waals surface area contributed by atoms with Crippen LogP contribution in [0.4, 0.5) is 4.79 Å². The highest BCUT2D eigenvalue weighted by Crippen LogP contribution is 2.66. The van der Waals surface area contributed by atoms with E-state index in [4.69, 9.17) is 38.9 Å². The van der Waals surface area contributed by atoms with Gasteiger partial charge < -0.3 is 44.2 Å². The Morgan fingerprint density at radius 3 is 2.13 bits per heavy atom. The second-order valence-electron chi connectivity index (χ2n) is 16.6. The smallest absolute Gasteiger partial charge is 0.407 e. The summed E-state index contributed by atoms with van der Waals surface area (Å²) in [7, 11) is 4.64. The van der Waals surface area contributed by atoms with E-state index in [0.717, 1.165) is 30.4 Å². The predicted molar refractivity (Wildman–Crippen MR) is 196 cm³/mol. The summed E-state index contributed by atoms with van der Waals surface area (Å²) in [6, 6.07) is 9.72. The quantitative estimate of drug-likeness (QED) is 0.0982. The summed E-state index contributed by atoms with van der Waals surface area (Å²) < 4.78 is 37.9. The van der Waals surface area contributed by atoms with Crippen LogP contribution in [0.1, 0.15) is 76.3 Å². The number of alkyl carbamates (subject to hydrolysis) is 1. The Morgan fingerprint density at radius 2 is 1.48 bits per heavy atom. The Balaban J connectivity index is 0.914. The first-order chi connectivity index (χ1) is 25.7. The average Bonchev–Trinajstić information content (AvgIpc) is 3.44. The molecule has 13 nitrogen and oxygen atoms in total. The maximum atomic E-state index is 12.8. The Labute approximate surface area is 316 Å². The summed E-state index contributed by atoms with van der Waals surface area (Å²) in [5.41, 5.74) is 7.99. The SMILES string of the molecule is COc1ccc(C[C@H]2COC(=O)[C@@H]2Cc2ccc(OC(=O)CCCOC(=O)[C@@H](N)COC(=O)NC34CC5CC(C)(CC(C)(C5)C3)C4)c(OC)c2)cc1OC. The molecule has 5 atom stereocenters. The lowest BCUT2D eigenvalue weighted by Crippen LogP contribution is -2.65. The molecule has 3 N–H and O–H groups in total. The second-order valence-corrected chi connectivity index (χ2v) is 16.6. The molecule has 2 unspecified atom stereocenters. The first-order valence-electron chi connectivity index (χ1n) is 18.9. The number of cyclic esters (lactones) is 1. The van der Waals surface area contributed by atoms with Gasteiger partial charge in [-0.1, -0.05) is 26.0 Å². The van der Waals surface area contributed by atoms with Crippen LogP contribution in [0.25, 0.3) is 0 Å². The number of nitrogens with one attached hydrogen (secondary N) is 1. The number of ether oxygens (including phenoxy) is 7. The number of esters is 3. The van der Waals surface area contributed by atoms with Crippen molar-refractivity contribution in [1.29, 1.82) is 0 Å². The van der Waals surface area contributed by atoms with Crippen molar-refractivity contribution < 1.29 is 52.3 Å². The van der Waals surface area contributed by atoms with Gasteiger partial charge in [0.25, 0.3) is 0 Å². The van der Waals surface area contributed by atoms with Gasteiger partial charge in [-0.2, -0.15) is 0 Å². The van der Waals surface area contributed by atoms with Crippen molar-refractivity contribution in [2.75, 3.05) is 41.2 Å². The molecule has 1 amide bonds. The lowest BCUT2D eigenvalue weighted by molar-refractivity contribution is -0.147. The summed E-state index contributed by atoms with van der Waals surface area (Å²) in [6.07, 6.45) is 7.11. The molecular weight excluding hydrogens is 696 g/mol. The van der Waals surface area contributed by atoms with Gasteiger partial charge in [0, 0.05) is 17.9 Å². The zero-order chi connectivity index (χ0) is 38.7. The van der Waals surface area contributed by atoms with Crippen molar-refractivity contribution >= 4 is 24.0 Å². The lowest BCUT2D eigenvalue weighted by atomic mass is 9.43. The predicted octanol–water partition coefficient (Wildman–Crippen LogP) is 5.32. The van der Waals surface area contributed by atoms with E-state index in [2.05, 4.69) is 19.2 Å². The second kappa shape index (κ2) is 16.1. The molecular formula is C41H54N2O11. The number of rotatable bonds is 16. The highest BCUT2D eigenvalue weighted by molar-refractivity contribution is 5.77. The summed E-state index contributed by atoms with van der Waals surface area (Å²) in [5, 5.41) is 3.14. The minimum Gasteiger partial charge on any atom is -0.493 e. The van der Waals surface area contributed by atoms with Crippen LogP contribution in [-0.2, 0) is 41.4 Å². The first kappa shape index (κ1) is 39.2. The molecule has 4 bridgehead atoms. The van der Waals surface area contributed by atoms with Crippen LogP contribution in [0.3, 0.4) is 0 Å². The van der Waals surface area contributed by atoms with Crippen LogP contribution >= 0.6 is 0 Å². The molecule has 7 rings (SSSR count). The highest BCUT2D eigenvalue weighted by atomic mass is 16.6. The summed E-state index contributed by atoms with van der Waals surface area (Å²) in [6.45, 7) is 4.60. The topological polar surface area (TPSA) is 171 Å². The van der Waals surface area contributed by atoms with Crippen molar-refractivity contribution in [2.24, 2.45) is 34.3 Å². The van der Waals surface area contributed by atoms with Crippen LogP contribution in [-0.4, -0.2) is 76.7 Å². The van der Waals surface area contributed by atoms with Gasteiger partial charge >= 0.3 is 24.0 Å². The molecule has 2 aromatic carbocycles. The van der Waals surface area contributed by atoms with Gasteiger partial charge in [0.15, 0.2) is 23.0 Å². The van der Waals surface area contributed by atoms with Gasteiger partial charge in [0.2, 0.25) is 0 Å². The van der Waals surface area contributed by atoms with E-state index < -0.39 is 24.1 Å². The number of nitrogens with two attached hydrogens (primary N) is 1. The van der Waals surface area contributed by atoms with E-state index in [-0.39, 0.29) is 66.0 Å². The largest absolute Gasteiger partial charge is 0.493 e. The lowest BCUT2D eigenvalue weighted by Gasteiger charge is -2.65. The van der Waals surface area contributed by atoms with Gasteiger partial charge in [-0.25, -0.2) is 4.79 Å². The fourth-order valence-electron chi connectivity index (χ4n) is 10.3. The maximum Gasteiger partial charge on any atom is 0.407 e. The van der Waals surface area contributed by atoms with E-state index in [1.165, 1.54) is 26.4 Å². The van der Waals surface area contributed by atoms with Crippen molar-refractivity contribution in [3.63, 3.8) is 0 Å². The van der Waals surface area contributed by atoms with Crippen LogP contribution in [0.15, 0.2) is 36.4 Å². The highest BCUT2D eigenvalue weighted by Gasteiger charge is 2.60. The molecule has 294 valence electrons. The standard InChI is InChI=1S/C41H54N2O11/c1-39-17-27-18-40(2,22-39)24-41(19-27,23-39)43-38(47)53-21-30(42)37(46)51-12-6-7-35(44)54-32-11-9-26(16-34(32)50-5)14-29-28(20-52-36(29)45)13-25-8-10-31(48-3)33(15-25)49-4/h8-11,15-16,27-30H,6-7,12-14,17-24,42H2,1-5H3,(H,43,47)/t27?,28-,29+,30-,39?,40?,41?/m0/s1. The van der Waals surface area contributed by atoms with E-state index in [1.54, 1.807) is 32.4 Å². The monoisotopic (exact) mass is 750 g/mol. The number of hydrogen-bond donors (Lipinski definition) is 2. The number of amides is 1. The van der Waals surface area contributed by atoms with Crippen LogP contribution in [0, 0.1) is 28.6 Å². The summed E-state index contributed by atoms with van der Waals surface area (Å²) in [5.74, 6) is 0.511. The Bertz CT molecular complexity index is 1710. The molecule has 1 heterocycles. The van der Waals surface area contributed by atoms with Crippen molar-refractivity contribution in [2.45, 2.75) is 89.6 Å². The fraction of sp³-hybridized carbons (Fsp3) is 0.610. The number of carbonyl (C=O) groups excluding carboxylic acids is 4. The van der Waals surface area contributed by atoms with Crippen molar-refractivity contribution in [3.05, 3.63) is 47.5 Å². The molecule has 5 fully saturated rings. The third-order valence-electron chi connectivity index (χ3n) is 11.6. The molecule has 4 saturated carbocycles. The molecule has 1 aliphatic heterocycles. The zero-order valence-electron chi connectivity index (χ0n) is 32.0. The van der Waals surface area contributed by atoms with E-state index in [9.17, 15) is 19.2 Å². The van der Waals surface area contributed by atoms with Gasteiger partial charge in [-0.3, -0.25) is 14.4 Å². The van der Waals surface area contributed by atoms with Gasteiger partial charge in [0.05, 0.1) is 40.5 Å².